The van der Waals surface area contributed by atoms with Gasteiger partial charge in [-0.25, -0.2) is 16.8 Å². The minimum atomic E-state index is -3.93. The van der Waals surface area contributed by atoms with Crippen LogP contribution in [0.5, 0.6) is 0 Å². The van der Waals surface area contributed by atoms with Gasteiger partial charge in [0.2, 0.25) is 10.0 Å². The molecule has 0 aliphatic carbocycles. The average Bonchev–Trinajstić information content (AvgIpc) is 2.86. The molecule has 146 valence electrons. The molecule has 26 heavy (non-hydrogen) atoms. The molecule has 0 unspecified atom stereocenters. The Morgan fingerprint density at radius 2 is 1.81 bits per heavy atom. The molecular formula is C17H25NO6S2. The quantitative estimate of drug-likeness (QED) is 0.741. The van der Waals surface area contributed by atoms with Gasteiger partial charge >= 0.3 is 5.97 Å². The van der Waals surface area contributed by atoms with Gasteiger partial charge in [0.25, 0.3) is 0 Å². The van der Waals surface area contributed by atoms with Gasteiger partial charge in [0.15, 0.2) is 9.84 Å². The number of benzene rings is 1. The number of hydrogen-bond acceptors (Lipinski definition) is 5. The van der Waals surface area contributed by atoms with E-state index in [1.165, 1.54) is 4.31 Å². The summed E-state index contributed by atoms with van der Waals surface area (Å²) in [6, 6.07) is 2.75. The zero-order chi connectivity index (χ0) is 19.7. The highest BCUT2D eigenvalue weighted by Crippen LogP contribution is 2.28. The highest BCUT2D eigenvalue weighted by atomic mass is 32.2. The van der Waals surface area contributed by atoms with E-state index in [0.717, 1.165) is 11.1 Å². The third kappa shape index (κ3) is 4.63. The fraction of sp³-hybridized carbons (Fsp3) is 0.588. The Bertz CT molecular complexity index is 905. The van der Waals surface area contributed by atoms with E-state index in [2.05, 4.69) is 0 Å². The maximum Gasteiger partial charge on any atom is 0.303 e. The first-order valence-corrected chi connectivity index (χ1v) is 11.7. The molecule has 1 aromatic rings. The first-order chi connectivity index (χ1) is 11.9. The van der Waals surface area contributed by atoms with Crippen LogP contribution in [0.1, 0.15) is 36.0 Å². The van der Waals surface area contributed by atoms with Crippen LogP contribution in [-0.2, 0) is 24.7 Å². The normalized spacial score (nSPS) is 19.8. The van der Waals surface area contributed by atoms with Crippen LogP contribution in [0.25, 0.3) is 0 Å². The summed E-state index contributed by atoms with van der Waals surface area (Å²) in [4.78, 5) is 11.0. The van der Waals surface area contributed by atoms with Gasteiger partial charge in [-0.05, 0) is 56.4 Å². The van der Waals surface area contributed by atoms with E-state index in [4.69, 9.17) is 5.11 Å². The lowest BCUT2D eigenvalue weighted by Gasteiger charge is -2.28. The molecule has 0 radical (unpaired) electrons. The fourth-order valence-electron chi connectivity index (χ4n) is 3.23. The lowest BCUT2D eigenvalue weighted by molar-refractivity contribution is -0.137. The zero-order valence-electron chi connectivity index (χ0n) is 15.2. The summed E-state index contributed by atoms with van der Waals surface area (Å²) in [5.41, 5.74) is 2.40. The standard InChI is InChI=1S/C17H25NO6S2/c1-12-9-14(3)16(10-13(12)2)26(23,24)18(7-4-5-17(19)20)15-6-8-25(21,22)11-15/h9-10,15H,4-8,11H2,1-3H3,(H,19,20)/t15-/m0/s1. The highest BCUT2D eigenvalue weighted by molar-refractivity contribution is 7.92. The Morgan fingerprint density at radius 3 is 2.35 bits per heavy atom. The molecule has 0 bridgehead atoms. The summed E-state index contributed by atoms with van der Waals surface area (Å²) in [5, 5.41) is 8.84. The van der Waals surface area contributed by atoms with Crippen molar-refractivity contribution in [2.75, 3.05) is 18.1 Å². The van der Waals surface area contributed by atoms with E-state index in [-0.39, 0.29) is 42.2 Å². The van der Waals surface area contributed by atoms with E-state index < -0.39 is 31.9 Å². The molecule has 7 nitrogen and oxygen atoms in total. The second-order valence-electron chi connectivity index (χ2n) is 6.87. The van der Waals surface area contributed by atoms with Crippen LogP contribution in [0.3, 0.4) is 0 Å². The number of aliphatic carboxylic acids is 1. The molecule has 0 spiro atoms. The molecule has 1 atom stereocenters. The van der Waals surface area contributed by atoms with Crippen LogP contribution in [0.4, 0.5) is 0 Å². The smallest absolute Gasteiger partial charge is 0.303 e. The number of carboxylic acids is 1. The summed E-state index contributed by atoms with van der Waals surface area (Å²) in [6.07, 6.45) is 0.199. The Labute approximate surface area is 155 Å². The summed E-state index contributed by atoms with van der Waals surface area (Å²) in [5.74, 6) is -1.28. The van der Waals surface area contributed by atoms with E-state index in [1.54, 1.807) is 19.1 Å². The lowest BCUT2D eigenvalue weighted by Crippen LogP contribution is -2.42. The predicted octanol–water partition coefficient (Wildman–Crippen LogP) is 1.65. The second kappa shape index (κ2) is 7.66. The SMILES string of the molecule is Cc1cc(C)c(S(=O)(=O)N(CCCC(=O)O)[C@H]2CCS(=O)(=O)C2)cc1C. The number of nitrogens with zero attached hydrogens (tertiary/aromatic N) is 1. The van der Waals surface area contributed by atoms with Crippen molar-refractivity contribution in [3.05, 3.63) is 28.8 Å². The molecule has 1 fully saturated rings. The van der Waals surface area contributed by atoms with Crippen LogP contribution in [0, 0.1) is 20.8 Å². The molecular weight excluding hydrogens is 378 g/mol. The van der Waals surface area contributed by atoms with Crippen molar-refractivity contribution in [1.82, 2.24) is 4.31 Å². The van der Waals surface area contributed by atoms with Gasteiger partial charge in [-0.3, -0.25) is 4.79 Å². The average molecular weight is 404 g/mol. The molecule has 0 saturated carbocycles. The van der Waals surface area contributed by atoms with Crippen molar-refractivity contribution in [1.29, 1.82) is 0 Å². The van der Waals surface area contributed by atoms with Crippen molar-refractivity contribution < 1.29 is 26.7 Å². The largest absolute Gasteiger partial charge is 0.481 e. The molecule has 1 heterocycles. The fourth-order valence-corrected chi connectivity index (χ4v) is 7.04. The number of carbonyl (C=O) groups is 1. The molecule has 0 aromatic heterocycles. The van der Waals surface area contributed by atoms with Gasteiger partial charge in [-0.1, -0.05) is 6.07 Å². The van der Waals surface area contributed by atoms with Crippen LogP contribution >= 0.6 is 0 Å². The van der Waals surface area contributed by atoms with Crippen LogP contribution in [0.15, 0.2) is 17.0 Å². The van der Waals surface area contributed by atoms with E-state index in [1.807, 2.05) is 13.8 Å². The maximum absolute atomic E-state index is 13.3. The number of carboxylic acid groups (broad SMARTS) is 1. The summed E-state index contributed by atoms with van der Waals surface area (Å²) < 4.78 is 51.4. The molecule has 0 amide bonds. The molecule has 9 heteroatoms. The molecule has 1 aromatic carbocycles. The van der Waals surface area contributed by atoms with Crippen LogP contribution in [0.2, 0.25) is 0 Å². The number of sulfone groups is 1. The van der Waals surface area contributed by atoms with E-state index in [0.29, 0.717) is 5.56 Å². The van der Waals surface area contributed by atoms with Gasteiger partial charge in [0.1, 0.15) is 0 Å². The third-order valence-electron chi connectivity index (χ3n) is 4.76. The monoisotopic (exact) mass is 403 g/mol. The summed E-state index contributed by atoms with van der Waals surface area (Å²) in [6.45, 7) is 5.41. The number of rotatable bonds is 7. The third-order valence-corrected chi connectivity index (χ3v) is 8.61. The Morgan fingerprint density at radius 1 is 1.19 bits per heavy atom. The minimum absolute atomic E-state index is 0.0127. The van der Waals surface area contributed by atoms with Crippen molar-refractivity contribution in [2.45, 2.75) is 51.0 Å². The van der Waals surface area contributed by atoms with Crippen molar-refractivity contribution in [2.24, 2.45) is 0 Å². The van der Waals surface area contributed by atoms with Crippen LogP contribution in [-0.4, -0.2) is 56.3 Å². The maximum atomic E-state index is 13.3. The highest BCUT2D eigenvalue weighted by Gasteiger charge is 2.39. The molecule has 1 saturated heterocycles. The number of hydrogen-bond donors (Lipinski definition) is 1. The Kier molecular flexibility index (Phi) is 6.14. The van der Waals surface area contributed by atoms with Crippen molar-refractivity contribution in [3.63, 3.8) is 0 Å². The molecule has 1 N–H and O–H groups in total. The number of sulfonamides is 1. The first kappa shape index (κ1) is 20.9. The Balaban J connectivity index is 2.42. The van der Waals surface area contributed by atoms with E-state index in [9.17, 15) is 21.6 Å². The number of aryl methyl sites for hydroxylation is 3. The van der Waals surface area contributed by atoms with Gasteiger partial charge in [0, 0.05) is 19.0 Å². The first-order valence-electron chi connectivity index (χ1n) is 8.46. The van der Waals surface area contributed by atoms with Gasteiger partial charge < -0.3 is 5.11 Å². The summed E-state index contributed by atoms with van der Waals surface area (Å²) in [7, 11) is -7.20. The molecule has 1 aliphatic heterocycles. The Hall–Kier alpha value is -1.45. The molecule has 1 aliphatic rings. The van der Waals surface area contributed by atoms with Gasteiger partial charge in [-0.15, -0.1) is 0 Å². The second-order valence-corrected chi connectivity index (χ2v) is 11.0. The molecule has 2 rings (SSSR count). The predicted molar refractivity (Wildman–Crippen MR) is 98.5 cm³/mol. The minimum Gasteiger partial charge on any atom is -0.481 e. The topological polar surface area (TPSA) is 109 Å². The lowest BCUT2D eigenvalue weighted by atomic mass is 10.1. The van der Waals surface area contributed by atoms with Crippen LogP contribution < -0.4 is 0 Å². The van der Waals surface area contributed by atoms with Crippen molar-refractivity contribution >= 4 is 25.8 Å². The zero-order valence-corrected chi connectivity index (χ0v) is 16.9. The summed E-state index contributed by atoms with van der Waals surface area (Å²) >= 11 is 0. The van der Waals surface area contributed by atoms with Crippen molar-refractivity contribution in [3.8, 4) is 0 Å². The van der Waals surface area contributed by atoms with Gasteiger partial charge in [-0.2, -0.15) is 4.31 Å². The van der Waals surface area contributed by atoms with E-state index >= 15 is 0 Å². The van der Waals surface area contributed by atoms with Gasteiger partial charge in [0.05, 0.1) is 16.4 Å².